The predicted octanol–water partition coefficient (Wildman–Crippen LogP) is -0.436. The summed E-state index contributed by atoms with van der Waals surface area (Å²) >= 11 is 0. The fourth-order valence-corrected chi connectivity index (χ4v) is 1.03. The maximum Gasteiger partial charge on any atom is 0.442 e. The number of hydrogen-bond acceptors (Lipinski definition) is 7. The molecule has 18 heavy (non-hydrogen) atoms. The Bertz CT molecular complexity index is 454. The van der Waals surface area contributed by atoms with Crippen molar-refractivity contribution in [2.24, 2.45) is 0 Å². The molecule has 0 aromatic carbocycles. The molecule has 0 heterocycles. The molecule has 104 valence electrons. The fraction of sp³-hybridized carbons (Fsp3) is 0.500. The average Bonchev–Trinajstić information content (AvgIpc) is 2.27. The van der Waals surface area contributed by atoms with E-state index in [-0.39, 0.29) is 5.57 Å². The number of sulfone groups is 1. The normalized spacial score (nSPS) is 11.8. The first kappa shape index (κ1) is 16.4. The highest BCUT2D eigenvalue weighted by Gasteiger charge is 2.54. The Kier molecular flexibility index (Phi) is 5.36. The van der Waals surface area contributed by atoms with Gasteiger partial charge in [0.1, 0.15) is 0 Å². The summed E-state index contributed by atoms with van der Waals surface area (Å²) in [5, 5.41) is 3.27. The standard InChI is InChI=1S/C8H10F2O7S/c1-5(2)6(12)16-4-17-7(13)8(9,10)18(14,15)3-11/h11H,1,3-4H2,2H3. The molecule has 0 aliphatic rings. The Morgan fingerprint density at radius 2 is 1.83 bits per heavy atom. The molecule has 1 N–H and O–H groups in total. The molecule has 7 nitrogen and oxygen atoms in total. The minimum absolute atomic E-state index is 0.0687. The third kappa shape index (κ3) is 3.74. The van der Waals surface area contributed by atoms with Gasteiger partial charge in [-0.2, -0.15) is 8.78 Å². The van der Waals surface area contributed by atoms with E-state index >= 15 is 0 Å². The van der Waals surface area contributed by atoms with E-state index in [1.807, 2.05) is 0 Å². The van der Waals surface area contributed by atoms with Gasteiger partial charge in [0.2, 0.25) is 6.79 Å². The lowest BCUT2D eigenvalue weighted by molar-refractivity contribution is -0.177. The van der Waals surface area contributed by atoms with Crippen molar-refractivity contribution >= 4 is 21.8 Å². The van der Waals surface area contributed by atoms with Crippen LogP contribution in [0.15, 0.2) is 12.2 Å². The van der Waals surface area contributed by atoms with Gasteiger partial charge in [0.05, 0.1) is 0 Å². The van der Waals surface area contributed by atoms with Crippen molar-refractivity contribution in [3.05, 3.63) is 12.2 Å². The van der Waals surface area contributed by atoms with Gasteiger partial charge in [0.25, 0.3) is 9.84 Å². The van der Waals surface area contributed by atoms with Crippen LogP contribution in [0.25, 0.3) is 0 Å². The zero-order valence-electron chi connectivity index (χ0n) is 9.18. The molecule has 0 rings (SSSR count). The van der Waals surface area contributed by atoms with Gasteiger partial charge in [0, 0.05) is 5.57 Å². The first-order valence-electron chi connectivity index (χ1n) is 4.27. The van der Waals surface area contributed by atoms with Crippen LogP contribution in [0.1, 0.15) is 6.92 Å². The minimum Gasteiger partial charge on any atom is -0.425 e. The molecule has 0 fully saturated rings. The summed E-state index contributed by atoms with van der Waals surface area (Å²) in [5.74, 6) is -5.39. The number of alkyl halides is 2. The summed E-state index contributed by atoms with van der Waals surface area (Å²) in [6.45, 7) is 3.23. The number of carbonyl (C=O) groups is 2. The summed E-state index contributed by atoms with van der Waals surface area (Å²) in [6.07, 6.45) is 0. The van der Waals surface area contributed by atoms with E-state index in [9.17, 15) is 26.8 Å². The monoisotopic (exact) mass is 288 g/mol. The zero-order chi connectivity index (χ0) is 14.6. The van der Waals surface area contributed by atoms with Gasteiger partial charge < -0.3 is 14.6 Å². The van der Waals surface area contributed by atoms with Gasteiger partial charge >= 0.3 is 17.2 Å². The van der Waals surface area contributed by atoms with Crippen LogP contribution in [-0.4, -0.2) is 43.4 Å². The molecule has 0 bridgehead atoms. The molecule has 0 saturated carbocycles. The molecule has 0 aliphatic heterocycles. The molecular weight excluding hydrogens is 278 g/mol. The minimum atomic E-state index is -5.37. The summed E-state index contributed by atoms with van der Waals surface area (Å²) in [6, 6.07) is 0. The number of carbonyl (C=O) groups excluding carboxylic acids is 2. The Hall–Kier alpha value is -1.55. The highest BCUT2D eigenvalue weighted by atomic mass is 32.2. The Morgan fingerprint density at radius 1 is 1.33 bits per heavy atom. The smallest absolute Gasteiger partial charge is 0.425 e. The predicted molar refractivity (Wildman–Crippen MR) is 52.8 cm³/mol. The highest BCUT2D eigenvalue weighted by Crippen LogP contribution is 2.23. The van der Waals surface area contributed by atoms with Gasteiger partial charge in [-0.25, -0.2) is 18.0 Å². The van der Waals surface area contributed by atoms with Gasteiger partial charge in [0.15, 0.2) is 5.94 Å². The van der Waals surface area contributed by atoms with Gasteiger partial charge in [-0.05, 0) is 6.92 Å². The zero-order valence-corrected chi connectivity index (χ0v) is 10.00. The van der Waals surface area contributed by atoms with E-state index in [1.165, 1.54) is 6.92 Å². The van der Waals surface area contributed by atoms with Crippen LogP contribution in [0, 0.1) is 0 Å². The van der Waals surface area contributed by atoms with E-state index in [4.69, 9.17) is 5.11 Å². The topological polar surface area (TPSA) is 107 Å². The number of aliphatic hydroxyl groups excluding tert-OH is 1. The fourth-order valence-electron chi connectivity index (χ4n) is 0.552. The lowest BCUT2D eigenvalue weighted by Gasteiger charge is -2.14. The Labute approximate surface area is 101 Å². The quantitative estimate of drug-likeness (QED) is 0.401. The van der Waals surface area contributed by atoms with Crippen LogP contribution in [0.5, 0.6) is 0 Å². The first-order chi connectivity index (χ1) is 8.06. The molecular formula is C8H10F2O7S. The lowest BCUT2D eigenvalue weighted by atomic mass is 10.4. The van der Waals surface area contributed by atoms with Crippen molar-refractivity contribution in [3.63, 3.8) is 0 Å². The van der Waals surface area contributed by atoms with E-state index < -0.39 is 39.8 Å². The van der Waals surface area contributed by atoms with Crippen molar-refractivity contribution in [3.8, 4) is 0 Å². The van der Waals surface area contributed by atoms with E-state index in [2.05, 4.69) is 16.1 Å². The van der Waals surface area contributed by atoms with Crippen molar-refractivity contribution in [2.75, 3.05) is 12.7 Å². The van der Waals surface area contributed by atoms with E-state index in [0.717, 1.165) is 0 Å². The average molecular weight is 288 g/mol. The number of halogens is 2. The van der Waals surface area contributed by atoms with Crippen LogP contribution in [0.4, 0.5) is 8.78 Å². The second-order valence-electron chi connectivity index (χ2n) is 3.02. The number of ether oxygens (including phenoxy) is 2. The van der Waals surface area contributed by atoms with E-state index in [0.29, 0.717) is 0 Å². The van der Waals surface area contributed by atoms with Crippen LogP contribution >= 0.6 is 0 Å². The molecule has 0 unspecified atom stereocenters. The number of hydrogen-bond donors (Lipinski definition) is 1. The molecule has 0 aromatic rings. The van der Waals surface area contributed by atoms with Gasteiger partial charge in [-0.1, -0.05) is 6.58 Å². The number of rotatable bonds is 6. The van der Waals surface area contributed by atoms with Crippen molar-refractivity contribution < 1.29 is 41.4 Å². The lowest BCUT2D eigenvalue weighted by Crippen LogP contribution is -2.41. The Morgan fingerprint density at radius 3 is 2.22 bits per heavy atom. The molecule has 0 atom stereocenters. The largest absolute Gasteiger partial charge is 0.442 e. The summed E-state index contributed by atoms with van der Waals surface area (Å²) in [5.41, 5.74) is -0.0687. The molecule has 10 heteroatoms. The third-order valence-corrected chi connectivity index (χ3v) is 2.81. The van der Waals surface area contributed by atoms with Crippen molar-refractivity contribution in [2.45, 2.75) is 12.2 Å². The molecule has 0 aliphatic carbocycles. The van der Waals surface area contributed by atoms with Crippen LogP contribution < -0.4 is 0 Å². The summed E-state index contributed by atoms with van der Waals surface area (Å²) in [4.78, 5) is 21.5. The molecule has 0 radical (unpaired) electrons. The van der Waals surface area contributed by atoms with Crippen molar-refractivity contribution in [1.82, 2.24) is 0 Å². The second kappa shape index (κ2) is 5.87. The SMILES string of the molecule is C=C(C)C(=O)OCOC(=O)C(F)(F)S(=O)(=O)CO. The van der Waals surface area contributed by atoms with Crippen LogP contribution in [0.3, 0.4) is 0 Å². The molecule has 0 aromatic heterocycles. The van der Waals surface area contributed by atoms with Crippen LogP contribution in [-0.2, 0) is 28.9 Å². The summed E-state index contributed by atoms with van der Waals surface area (Å²) in [7, 11) is -5.37. The number of esters is 2. The van der Waals surface area contributed by atoms with Gasteiger partial charge in [-0.3, -0.25) is 0 Å². The first-order valence-corrected chi connectivity index (χ1v) is 5.92. The van der Waals surface area contributed by atoms with Crippen molar-refractivity contribution in [1.29, 1.82) is 0 Å². The van der Waals surface area contributed by atoms with Gasteiger partial charge in [-0.15, -0.1) is 0 Å². The second-order valence-corrected chi connectivity index (χ2v) is 5.02. The molecule has 0 amide bonds. The van der Waals surface area contributed by atoms with E-state index in [1.54, 1.807) is 0 Å². The maximum absolute atomic E-state index is 12.9. The highest BCUT2D eigenvalue weighted by molar-refractivity contribution is 7.93. The van der Waals surface area contributed by atoms with Crippen LogP contribution in [0.2, 0.25) is 0 Å². The molecule has 0 saturated heterocycles. The molecule has 0 spiro atoms. The maximum atomic E-state index is 12.9. The Balaban J connectivity index is 4.52. The number of aliphatic hydroxyl groups is 1. The third-order valence-electron chi connectivity index (χ3n) is 1.53. The summed E-state index contributed by atoms with van der Waals surface area (Å²) < 4.78 is 55.0.